The summed E-state index contributed by atoms with van der Waals surface area (Å²) in [5.74, 6) is -1.57. The first-order valence-corrected chi connectivity index (χ1v) is 11.7. The lowest BCUT2D eigenvalue weighted by Crippen LogP contribution is -2.71. The van der Waals surface area contributed by atoms with E-state index in [0.29, 0.717) is 27.8 Å². The lowest BCUT2D eigenvalue weighted by molar-refractivity contribution is -0.150. The summed E-state index contributed by atoms with van der Waals surface area (Å²) in [4.78, 5) is 47.7. The molecule has 2 amide bonds. The van der Waals surface area contributed by atoms with E-state index >= 15 is 0 Å². The van der Waals surface area contributed by atoms with Crippen molar-refractivity contribution in [2.75, 3.05) is 24.3 Å². The van der Waals surface area contributed by atoms with Crippen LogP contribution < -0.4 is 11.1 Å². The fourth-order valence-corrected chi connectivity index (χ4v) is 5.75. The number of hydrogen-bond acceptors (Lipinski definition) is 12. The van der Waals surface area contributed by atoms with Gasteiger partial charge in [0.1, 0.15) is 30.0 Å². The Hall–Kier alpha value is -3.66. The van der Waals surface area contributed by atoms with Crippen molar-refractivity contribution in [1.82, 2.24) is 35.4 Å². The molecule has 2 aliphatic rings. The average molecular weight is 506 g/mol. The highest BCUT2D eigenvalue weighted by Gasteiger charge is 2.54. The number of carbonyl (C=O) groups excluding carboxylic acids is 2. The maximum absolute atomic E-state index is 12.9. The number of carboxylic acid groups (broad SMARTS) is 1. The van der Waals surface area contributed by atoms with Gasteiger partial charge in [-0.05, 0) is 28.1 Å². The van der Waals surface area contributed by atoms with Crippen molar-refractivity contribution < 1.29 is 24.3 Å². The van der Waals surface area contributed by atoms with Crippen LogP contribution in [-0.2, 0) is 26.3 Å². The van der Waals surface area contributed by atoms with E-state index in [-0.39, 0.29) is 17.2 Å². The Labute approximate surface area is 201 Å². The molecule has 34 heavy (non-hydrogen) atoms. The molecule has 0 bridgehead atoms. The number of β-lactam (4-membered cyclic amide) rings is 1. The minimum atomic E-state index is -1.22. The smallest absolute Gasteiger partial charge is 0.352 e. The number of nitrogen functional groups attached to an aromatic ring is 1. The van der Waals surface area contributed by atoms with Crippen LogP contribution in [0.2, 0.25) is 0 Å². The van der Waals surface area contributed by atoms with Crippen molar-refractivity contribution in [2.24, 2.45) is 12.2 Å². The first kappa shape index (κ1) is 23.5. The van der Waals surface area contributed by atoms with Crippen LogP contribution in [0, 0.1) is 0 Å². The van der Waals surface area contributed by atoms with Gasteiger partial charge in [0.15, 0.2) is 5.71 Å². The molecule has 16 heteroatoms. The average Bonchev–Trinajstić information content (AvgIpc) is 3.23. The minimum absolute atomic E-state index is 0.0884. The van der Waals surface area contributed by atoms with Gasteiger partial charge in [0.2, 0.25) is 5.16 Å². The number of aromatic nitrogens is 5. The van der Waals surface area contributed by atoms with Gasteiger partial charge in [-0.25, -0.2) is 14.5 Å². The number of aliphatic carboxylic acids is 1. The highest BCUT2D eigenvalue weighted by atomic mass is 32.2. The third-order valence-electron chi connectivity index (χ3n) is 4.95. The van der Waals surface area contributed by atoms with Crippen LogP contribution in [0.4, 0.5) is 5.82 Å². The number of oxime groups is 1. The number of tetrazole rings is 1. The van der Waals surface area contributed by atoms with E-state index in [1.54, 1.807) is 7.05 Å². The second kappa shape index (κ2) is 9.68. The van der Waals surface area contributed by atoms with Crippen molar-refractivity contribution >= 4 is 52.8 Å². The summed E-state index contributed by atoms with van der Waals surface area (Å²) in [7, 11) is 2.96. The summed E-state index contributed by atoms with van der Waals surface area (Å²) in [6, 6.07) is 2.05. The predicted molar refractivity (Wildman–Crippen MR) is 121 cm³/mol. The van der Waals surface area contributed by atoms with Crippen LogP contribution in [0.1, 0.15) is 5.56 Å². The monoisotopic (exact) mass is 505 g/mol. The Morgan fingerprint density at radius 1 is 1.47 bits per heavy atom. The van der Waals surface area contributed by atoms with Crippen molar-refractivity contribution in [2.45, 2.75) is 16.6 Å². The normalized spacial score (nSPS) is 20.0. The number of hydrogen-bond donors (Lipinski definition) is 3. The number of carboxylic acids is 1. The predicted octanol–water partition coefficient (Wildman–Crippen LogP) is -0.931. The van der Waals surface area contributed by atoms with Gasteiger partial charge >= 0.3 is 5.97 Å². The van der Waals surface area contributed by atoms with E-state index in [1.165, 1.54) is 58.5 Å². The molecule has 2 aromatic heterocycles. The van der Waals surface area contributed by atoms with Crippen molar-refractivity contribution in [1.29, 1.82) is 0 Å². The van der Waals surface area contributed by atoms with E-state index in [4.69, 9.17) is 10.6 Å². The van der Waals surface area contributed by atoms with Gasteiger partial charge in [-0.3, -0.25) is 14.5 Å². The number of nitrogens with one attached hydrogen (secondary N) is 1. The van der Waals surface area contributed by atoms with Crippen molar-refractivity contribution in [3.8, 4) is 0 Å². The maximum atomic E-state index is 12.9. The molecule has 0 aliphatic carbocycles. The molecule has 0 spiro atoms. The SMILES string of the molecule is CO/N=C(/C(=O)NC1C(=O)N2C(C(=O)O)=C(CSc3nnnn3C)CSC12)c1ccnc(N)c1. The first-order valence-electron chi connectivity index (χ1n) is 9.71. The first-order chi connectivity index (χ1) is 16.3. The van der Waals surface area contributed by atoms with E-state index < -0.39 is 29.2 Å². The van der Waals surface area contributed by atoms with E-state index in [0.717, 1.165) is 0 Å². The summed E-state index contributed by atoms with van der Waals surface area (Å²) in [6.07, 6.45) is 1.41. The third-order valence-corrected chi connectivity index (χ3v) is 7.38. The Balaban J connectivity index is 1.50. The zero-order valence-electron chi connectivity index (χ0n) is 17.9. The largest absolute Gasteiger partial charge is 0.477 e. The highest BCUT2D eigenvalue weighted by molar-refractivity contribution is 8.01. The zero-order valence-corrected chi connectivity index (χ0v) is 19.5. The van der Waals surface area contributed by atoms with Gasteiger partial charge in [0, 0.05) is 30.3 Å². The molecule has 0 aromatic carbocycles. The van der Waals surface area contributed by atoms with Gasteiger partial charge in [-0.15, -0.1) is 16.9 Å². The molecule has 1 fully saturated rings. The Bertz CT molecular complexity index is 1210. The number of nitrogens with zero attached hydrogens (tertiary/aromatic N) is 7. The fraction of sp³-hybridized carbons (Fsp3) is 0.333. The zero-order chi connectivity index (χ0) is 24.4. The lowest BCUT2D eigenvalue weighted by atomic mass is 10.0. The quantitative estimate of drug-likeness (QED) is 0.173. The van der Waals surface area contributed by atoms with Crippen LogP contribution in [0.3, 0.4) is 0 Å². The molecular weight excluding hydrogens is 486 g/mol. The minimum Gasteiger partial charge on any atom is -0.477 e. The number of carbonyl (C=O) groups is 3. The second-order valence-corrected chi connectivity index (χ2v) is 9.13. The molecular formula is C18H19N9O5S2. The van der Waals surface area contributed by atoms with Crippen LogP contribution in [0.15, 0.2) is 39.9 Å². The van der Waals surface area contributed by atoms with Gasteiger partial charge in [-0.2, -0.15) is 0 Å². The molecule has 4 heterocycles. The van der Waals surface area contributed by atoms with E-state index in [1.807, 2.05) is 0 Å². The molecule has 4 N–H and O–H groups in total. The fourth-order valence-electron chi connectivity index (χ4n) is 3.41. The highest BCUT2D eigenvalue weighted by Crippen LogP contribution is 2.41. The van der Waals surface area contributed by atoms with Crippen LogP contribution >= 0.6 is 23.5 Å². The lowest BCUT2D eigenvalue weighted by Gasteiger charge is -2.49. The molecule has 0 radical (unpaired) electrons. The number of nitrogens with two attached hydrogens (primary N) is 1. The number of rotatable bonds is 8. The molecule has 2 unspecified atom stereocenters. The number of aryl methyl sites for hydroxylation is 1. The maximum Gasteiger partial charge on any atom is 0.352 e. The Morgan fingerprint density at radius 2 is 2.26 bits per heavy atom. The second-order valence-electron chi connectivity index (χ2n) is 7.08. The number of amides is 2. The van der Waals surface area contributed by atoms with Gasteiger partial charge in [-0.1, -0.05) is 16.9 Å². The summed E-state index contributed by atoms with van der Waals surface area (Å²) in [5, 5.41) is 27.3. The van der Waals surface area contributed by atoms with Crippen molar-refractivity contribution in [3.63, 3.8) is 0 Å². The molecule has 14 nitrogen and oxygen atoms in total. The molecule has 178 valence electrons. The molecule has 0 saturated carbocycles. The van der Waals surface area contributed by atoms with Crippen LogP contribution in [-0.4, -0.2) is 88.7 Å². The topological polar surface area (TPSA) is 191 Å². The molecule has 4 rings (SSSR count). The summed E-state index contributed by atoms with van der Waals surface area (Å²) < 4.78 is 1.47. The van der Waals surface area contributed by atoms with Gasteiger partial charge < -0.3 is 21.0 Å². The van der Waals surface area contributed by atoms with Crippen LogP contribution in [0.5, 0.6) is 0 Å². The summed E-state index contributed by atoms with van der Waals surface area (Å²) >= 11 is 2.63. The number of pyridine rings is 1. The summed E-state index contributed by atoms with van der Waals surface area (Å²) in [5.41, 5.74) is 6.43. The van der Waals surface area contributed by atoms with Gasteiger partial charge in [0.05, 0.1) is 0 Å². The number of anilines is 1. The molecule has 2 aromatic rings. The number of fused-ring (bicyclic) bond motifs is 1. The standard InChI is InChI=1S/C18H19N9O5S2/c1-26-18(22-24-25-26)34-7-9-6-33-16-12(15(29)27(16)13(9)17(30)31)21-14(28)11(23-32-2)8-3-4-20-10(19)5-8/h3-5,12,16H,6-7H2,1-2H3,(H2,19,20)(H,21,28)(H,30,31)/b23-11+. The Kier molecular flexibility index (Phi) is 6.69. The van der Waals surface area contributed by atoms with Gasteiger partial charge in [0.25, 0.3) is 11.8 Å². The summed E-state index contributed by atoms with van der Waals surface area (Å²) in [6.45, 7) is 0. The Morgan fingerprint density at radius 3 is 2.91 bits per heavy atom. The van der Waals surface area contributed by atoms with Crippen LogP contribution in [0.25, 0.3) is 0 Å². The van der Waals surface area contributed by atoms with Crippen molar-refractivity contribution in [3.05, 3.63) is 35.2 Å². The molecule has 1 saturated heterocycles. The van der Waals surface area contributed by atoms with E-state index in [9.17, 15) is 19.5 Å². The molecule has 2 aliphatic heterocycles. The molecule has 2 atom stereocenters. The number of thioether (sulfide) groups is 2. The van der Waals surface area contributed by atoms with E-state index in [2.05, 4.69) is 31.0 Å². The third kappa shape index (κ3) is 4.41.